The molecule has 2 aromatic rings. The molecule has 0 saturated carbocycles. The van der Waals surface area contributed by atoms with Crippen molar-refractivity contribution in [1.82, 2.24) is 0 Å². The first-order valence-corrected chi connectivity index (χ1v) is 7.60. The molecule has 0 fully saturated rings. The van der Waals surface area contributed by atoms with Gasteiger partial charge in [-0.15, -0.1) is 22.7 Å². The lowest BCUT2D eigenvalue weighted by Crippen LogP contribution is -2.09. The minimum absolute atomic E-state index is 0.137. The predicted octanol–water partition coefficient (Wildman–Crippen LogP) is 4.11. The van der Waals surface area contributed by atoms with Crippen LogP contribution in [-0.4, -0.2) is 5.91 Å². The number of nitrogens with zero attached hydrogens (tertiary/aromatic N) is 1. The number of aryl methyl sites for hydroxylation is 2. The van der Waals surface area contributed by atoms with Gasteiger partial charge in [-0.2, -0.15) is 5.26 Å². The van der Waals surface area contributed by atoms with Gasteiger partial charge in [-0.3, -0.25) is 4.79 Å². The fourth-order valence-electron chi connectivity index (χ4n) is 1.70. The molecule has 0 spiro atoms. The van der Waals surface area contributed by atoms with Crippen LogP contribution in [-0.2, 0) is 6.42 Å². The van der Waals surface area contributed by atoms with Crippen molar-refractivity contribution in [1.29, 1.82) is 5.26 Å². The molecule has 98 valence electrons. The quantitative estimate of drug-likeness (QED) is 0.924. The Morgan fingerprint density at radius 1 is 1.37 bits per heavy atom. The van der Waals surface area contributed by atoms with Crippen LogP contribution >= 0.6 is 22.7 Å². The van der Waals surface area contributed by atoms with E-state index in [-0.39, 0.29) is 5.91 Å². The number of nitrogens with one attached hydrogen (secondary N) is 1. The van der Waals surface area contributed by atoms with Crippen molar-refractivity contribution in [2.75, 3.05) is 5.32 Å². The average molecular weight is 290 g/mol. The molecule has 0 bridgehead atoms. The Labute approximate surface area is 120 Å². The van der Waals surface area contributed by atoms with Crippen molar-refractivity contribution < 1.29 is 4.79 Å². The predicted molar refractivity (Wildman–Crippen MR) is 80.2 cm³/mol. The Kier molecular flexibility index (Phi) is 4.03. The van der Waals surface area contributed by atoms with Crippen molar-refractivity contribution in [2.24, 2.45) is 0 Å². The molecule has 0 radical (unpaired) electrons. The van der Waals surface area contributed by atoms with Crippen LogP contribution < -0.4 is 5.32 Å². The Balaban J connectivity index is 2.24. The highest BCUT2D eigenvalue weighted by Crippen LogP contribution is 2.32. The van der Waals surface area contributed by atoms with Crippen LogP contribution in [0.5, 0.6) is 0 Å². The van der Waals surface area contributed by atoms with E-state index in [0.717, 1.165) is 16.9 Å². The van der Waals surface area contributed by atoms with Crippen LogP contribution in [0.25, 0.3) is 0 Å². The third-order valence-corrected chi connectivity index (χ3v) is 5.31. The van der Waals surface area contributed by atoms with Gasteiger partial charge in [0, 0.05) is 9.75 Å². The molecule has 2 heterocycles. The lowest BCUT2D eigenvalue weighted by Gasteiger charge is -2.00. The van der Waals surface area contributed by atoms with E-state index in [9.17, 15) is 4.79 Å². The summed E-state index contributed by atoms with van der Waals surface area (Å²) in [5.74, 6) is -0.137. The minimum atomic E-state index is -0.137. The molecule has 0 saturated heterocycles. The molecular weight excluding hydrogens is 276 g/mol. The maximum absolute atomic E-state index is 12.1. The second-order valence-corrected chi connectivity index (χ2v) is 6.57. The van der Waals surface area contributed by atoms with Gasteiger partial charge < -0.3 is 5.32 Å². The first kappa shape index (κ1) is 13.8. The summed E-state index contributed by atoms with van der Waals surface area (Å²) in [6.07, 6.45) is 0.929. The SMILES string of the molecule is CCc1ccc(C(=O)Nc2sc(C)c(C)c2C#N)s1. The normalized spacial score (nSPS) is 10.2. The van der Waals surface area contributed by atoms with Crippen LogP contribution in [0.4, 0.5) is 5.00 Å². The highest BCUT2D eigenvalue weighted by atomic mass is 32.1. The summed E-state index contributed by atoms with van der Waals surface area (Å²) in [5.41, 5.74) is 1.52. The molecule has 0 aromatic carbocycles. The molecule has 0 aliphatic rings. The van der Waals surface area contributed by atoms with Gasteiger partial charge >= 0.3 is 0 Å². The van der Waals surface area contributed by atoms with Gasteiger partial charge in [-0.05, 0) is 38.0 Å². The highest BCUT2D eigenvalue weighted by molar-refractivity contribution is 7.17. The van der Waals surface area contributed by atoms with E-state index in [1.54, 1.807) is 0 Å². The van der Waals surface area contributed by atoms with E-state index in [0.29, 0.717) is 15.4 Å². The van der Waals surface area contributed by atoms with Gasteiger partial charge in [0.1, 0.15) is 11.1 Å². The highest BCUT2D eigenvalue weighted by Gasteiger charge is 2.16. The third-order valence-electron chi connectivity index (χ3n) is 2.96. The van der Waals surface area contributed by atoms with E-state index in [1.165, 1.54) is 27.6 Å². The van der Waals surface area contributed by atoms with E-state index >= 15 is 0 Å². The fraction of sp³-hybridized carbons (Fsp3) is 0.286. The monoisotopic (exact) mass is 290 g/mol. The summed E-state index contributed by atoms with van der Waals surface area (Å²) < 4.78 is 0. The minimum Gasteiger partial charge on any atom is -0.312 e. The number of anilines is 1. The number of amides is 1. The first-order valence-electron chi connectivity index (χ1n) is 5.97. The van der Waals surface area contributed by atoms with Gasteiger partial charge in [0.2, 0.25) is 0 Å². The maximum Gasteiger partial charge on any atom is 0.266 e. The van der Waals surface area contributed by atoms with Crippen LogP contribution in [0.15, 0.2) is 12.1 Å². The largest absolute Gasteiger partial charge is 0.312 e. The smallest absolute Gasteiger partial charge is 0.266 e. The number of carbonyl (C=O) groups is 1. The van der Waals surface area contributed by atoms with E-state index in [4.69, 9.17) is 5.26 Å². The van der Waals surface area contributed by atoms with Crippen LogP contribution in [0, 0.1) is 25.2 Å². The molecule has 2 aromatic heterocycles. The Morgan fingerprint density at radius 3 is 2.68 bits per heavy atom. The molecule has 0 unspecified atom stereocenters. The van der Waals surface area contributed by atoms with Gasteiger partial charge in [-0.25, -0.2) is 0 Å². The lowest BCUT2D eigenvalue weighted by atomic mass is 10.2. The van der Waals surface area contributed by atoms with E-state index in [1.807, 2.05) is 26.0 Å². The summed E-state index contributed by atoms with van der Waals surface area (Å²) in [5, 5.41) is 12.6. The summed E-state index contributed by atoms with van der Waals surface area (Å²) in [6, 6.07) is 5.96. The van der Waals surface area contributed by atoms with E-state index in [2.05, 4.69) is 18.3 Å². The molecule has 3 nitrogen and oxygen atoms in total. The van der Waals surface area contributed by atoms with Gasteiger partial charge in [-0.1, -0.05) is 6.92 Å². The zero-order chi connectivity index (χ0) is 14.0. The zero-order valence-electron chi connectivity index (χ0n) is 11.0. The molecule has 2 rings (SSSR count). The molecule has 0 aliphatic carbocycles. The molecule has 5 heteroatoms. The summed E-state index contributed by atoms with van der Waals surface area (Å²) in [7, 11) is 0. The topological polar surface area (TPSA) is 52.9 Å². The Morgan fingerprint density at radius 2 is 2.11 bits per heavy atom. The standard InChI is InChI=1S/C14H14N2OS2/c1-4-10-5-6-12(19-10)13(17)16-14-11(7-15)8(2)9(3)18-14/h5-6H,4H2,1-3H3,(H,16,17). The number of carbonyl (C=O) groups excluding carboxylic acids is 1. The molecule has 1 N–H and O–H groups in total. The van der Waals surface area contributed by atoms with E-state index < -0.39 is 0 Å². The second-order valence-electron chi connectivity index (χ2n) is 4.17. The number of hydrogen-bond donors (Lipinski definition) is 1. The molecule has 1 amide bonds. The Bertz CT molecular complexity index is 662. The van der Waals surface area contributed by atoms with Gasteiger partial charge in [0.05, 0.1) is 10.4 Å². The van der Waals surface area contributed by atoms with Gasteiger partial charge in [0.15, 0.2) is 0 Å². The van der Waals surface area contributed by atoms with Gasteiger partial charge in [0.25, 0.3) is 5.91 Å². The van der Waals surface area contributed by atoms with Crippen LogP contribution in [0.1, 0.15) is 37.5 Å². The Hall–Kier alpha value is -1.64. The molecule has 19 heavy (non-hydrogen) atoms. The van der Waals surface area contributed by atoms with Crippen molar-refractivity contribution in [2.45, 2.75) is 27.2 Å². The summed E-state index contributed by atoms with van der Waals surface area (Å²) in [4.78, 5) is 15.1. The first-order chi connectivity index (χ1) is 9.06. The van der Waals surface area contributed by atoms with Crippen molar-refractivity contribution in [3.05, 3.63) is 37.9 Å². The number of nitriles is 1. The average Bonchev–Trinajstić information content (AvgIpc) is 2.96. The number of thiophene rings is 2. The number of rotatable bonds is 3. The maximum atomic E-state index is 12.1. The third kappa shape index (κ3) is 2.70. The van der Waals surface area contributed by atoms with Crippen molar-refractivity contribution >= 4 is 33.6 Å². The number of hydrogen-bond acceptors (Lipinski definition) is 4. The van der Waals surface area contributed by atoms with Crippen LogP contribution in [0.2, 0.25) is 0 Å². The molecule has 0 aliphatic heterocycles. The van der Waals surface area contributed by atoms with Crippen molar-refractivity contribution in [3.63, 3.8) is 0 Å². The van der Waals surface area contributed by atoms with Crippen molar-refractivity contribution in [3.8, 4) is 6.07 Å². The second kappa shape index (κ2) is 5.55. The lowest BCUT2D eigenvalue weighted by molar-refractivity contribution is 0.103. The van der Waals surface area contributed by atoms with Crippen LogP contribution in [0.3, 0.4) is 0 Å². The zero-order valence-corrected chi connectivity index (χ0v) is 12.7. The molecular formula is C14H14N2OS2. The summed E-state index contributed by atoms with van der Waals surface area (Å²) >= 11 is 2.95. The molecule has 0 atom stereocenters. The summed E-state index contributed by atoms with van der Waals surface area (Å²) in [6.45, 7) is 5.92. The fourth-order valence-corrected chi connectivity index (χ4v) is 3.55.